The standard InChI is InChI=1S/C30H40N8O/c1-5-7-8-9-23-10-15-27(33-22(23)3)35-28-26(29(39)31-16-6-2)21-32-30(36-28)34-24-11-13-25(14-12-24)38-19-17-37(4)18-20-38/h6,10-15,21H,2,5,7-9,16-20H2,1,3-4H3,(H,31,39)(H2,32,33,34,35,36). The van der Waals surface area contributed by atoms with Crippen molar-refractivity contribution < 1.29 is 4.79 Å². The van der Waals surface area contributed by atoms with Crippen LogP contribution in [0.4, 0.5) is 29.0 Å². The monoisotopic (exact) mass is 528 g/mol. The maximum Gasteiger partial charge on any atom is 0.256 e. The minimum Gasteiger partial charge on any atom is -0.369 e. The first-order chi connectivity index (χ1) is 19.0. The molecule has 1 fully saturated rings. The molecule has 2 aromatic heterocycles. The first-order valence-corrected chi connectivity index (χ1v) is 13.8. The first-order valence-electron chi connectivity index (χ1n) is 13.8. The molecule has 9 nitrogen and oxygen atoms in total. The van der Waals surface area contributed by atoms with Gasteiger partial charge < -0.3 is 25.8 Å². The number of rotatable bonds is 12. The summed E-state index contributed by atoms with van der Waals surface area (Å²) in [6, 6.07) is 12.3. The second-order valence-electron chi connectivity index (χ2n) is 9.94. The molecule has 3 aromatic rings. The molecule has 1 aromatic carbocycles. The molecule has 0 atom stereocenters. The van der Waals surface area contributed by atoms with Crippen molar-refractivity contribution in [2.24, 2.45) is 0 Å². The van der Waals surface area contributed by atoms with E-state index in [0.717, 1.165) is 50.4 Å². The normalized spacial score (nSPS) is 13.7. The van der Waals surface area contributed by atoms with Crippen molar-refractivity contribution in [3.05, 3.63) is 72.1 Å². The van der Waals surface area contributed by atoms with E-state index in [1.165, 1.54) is 30.3 Å². The summed E-state index contributed by atoms with van der Waals surface area (Å²) in [5, 5.41) is 9.32. The molecule has 0 saturated carbocycles. The van der Waals surface area contributed by atoms with Crippen molar-refractivity contribution in [3.63, 3.8) is 0 Å². The van der Waals surface area contributed by atoms with Gasteiger partial charge in [0.2, 0.25) is 5.95 Å². The third-order valence-electron chi connectivity index (χ3n) is 6.92. The van der Waals surface area contributed by atoms with E-state index in [1.807, 2.05) is 25.1 Å². The Morgan fingerprint density at radius 2 is 1.79 bits per heavy atom. The van der Waals surface area contributed by atoms with Crippen molar-refractivity contribution in [2.75, 3.05) is 55.3 Å². The molecule has 1 amide bonds. The van der Waals surface area contributed by atoms with Gasteiger partial charge in [0.05, 0.1) is 0 Å². The molecular formula is C30H40N8O. The molecule has 0 radical (unpaired) electrons. The Kier molecular flexibility index (Phi) is 9.85. The molecule has 9 heteroatoms. The second-order valence-corrected chi connectivity index (χ2v) is 9.94. The van der Waals surface area contributed by atoms with E-state index in [2.05, 4.69) is 74.5 Å². The number of amides is 1. The lowest BCUT2D eigenvalue weighted by Gasteiger charge is -2.34. The molecule has 1 aliphatic rings. The predicted octanol–water partition coefficient (Wildman–Crippen LogP) is 5.07. The smallest absolute Gasteiger partial charge is 0.256 e. The van der Waals surface area contributed by atoms with Crippen molar-refractivity contribution in [3.8, 4) is 0 Å². The lowest BCUT2D eigenvalue weighted by atomic mass is 10.1. The van der Waals surface area contributed by atoms with Gasteiger partial charge in [-0.15, -0.1) is 6.58 Å². The van der Waals surface area contributed by atoms with E-state index in [-0.39, 0.29) is 5.91 Å². The van der Waals surface area contributed by atoms with Gasteiger partial charge >= 0.3 is 0 Å². The van der Waals surface area contributed by atoms with E-state index in [9.17, 15) is 4.79 Å². The van der Waals surface area contributed by atoms with Crippen LogP contribution in [0.3, 0.4) is 0 Å². The van der Waals surface area contributed by atoms with Crippen LogP contribution in [0.1, 0.15) is 47.8 Å². The number of nitrogens with one attached hydrogen (secondary N) is 3. The fourth-order valence-corrected chi connectivity index (χ4v) is 4.52. The van der Waals surface area contributed by atoms with Crippen LogP contribution in [0.5, 0.6) is 0 Å². The number of carbonyl (C=O) groups excluding carboxylic acids is 1. The Labute approximate surface area is 231 Å². The van der Waals surface area contributed by atoms with Crippen LogP contribution in [0.25, 0.3) is 0 Å². The number of aromatic nitrogens is 3. The molecule has 206 valence electrons. The zero-order valence-corrected chi connectivity index (χ0v) is 23.3. The maximum absolute atomic E-state index is 12.8. The Balaban J connectivity index is 1.52. The van der Waals surface area contributed by atoms with Gasteiger partial charge in [-0.05, 0) is 62.7 Å². The number of likely N-dealkylation sites (N-methyl/N-ethyl adjacent to an activating group) is 1. The minimum atomic E-state index is -0.284. The van der Waals surface area contributed by atoms with Crippen molar-refractivity contribution in [2.45, 2.75) is 39.5 Å². The molecule has 0 aliphatic carbocycles. The zero-order chi connectivity index (χ0) is 27.6. The summed E-state index contributed by atoms with van der Waals surface area (Å²) >= 11 is 0. The molecule has 1 aliphatic heterocycles. The molecule has 0 spiro atoms. The van der Waals surface area contributed by atoms with Crippen LogP contribution in [0, 0.1) is 6.92 Å². The van der Waals surface area contributed by atoms with E-state index in [0.29, 0.717) is 29.7 Å². The highest BCUT2D eigenvalue weighted by Crippen LogP contribution is 2.24. The number of pyridine rings is 1. The number of benzene rings is 1. The van der Waals surface area contributed by atoms with E-state index < -0.39 is 0 Å². The highest BCUT2D eigenvalue weighted by molar-refractivity contribution is 5.99. The Hall–Kier alpha value is -3.98. The molecule has 3 N–H and O–H groups in total. The number of piperazine rings is 1. The fourth-order valence-electron chi connectivity index (χ4n) is 4.52. The number of anilines is 5. The quantitative estimate of drug-likeness (QED) is 0.221. The summed E-state index contributed by atoms with van der Waals surface area (Å²) in [5.41, 5.74) is 4.61. The number of hydrogen-bond donors (Lipinski definition) is 3. The molecule has 0 bridgehead atoms. The molecule has 3 heterocycles. The minimum absolute atomic E-state index is 0.284. The Bertz CT molecular complexity index is 1250. The highest BCUT2D eigenvalue weighted by atomic mass is 16.1. The number of carbonyl (C=O) groups is 1. The van der Waals surface area contributed by atoms with Crippen LogP contribution >= 0.6 is 0 Å². The first kappa shape index (κ1) is 28.0. The van der Waals surface area contributed by atoms with E-state index in [1.54, 1.807) is 6.08 Å². The second kappa shape index (κ2) is 13.7. The molecule has 1 saturated heterocycles. The molecular weight excluding hydrogens is 488 g/mol. The lowest BCUT2D eigenvalue weighted by molar-refractivity contribution is 0.0958. The van der Waals surface area contributed by atoms with Crippen LogP contribution in [-0.2, 0) is 6.42 Å². The number of nitrogens with zero attached hydrogens (tertiary/aromatic N) is 5. The highest BCUT2D eigenvalue weighted by Gasteiger charge is 2.17. The van der Waals surface area contributed by atoms with Crippen LogP contribution < -0.4 is 20.9 Å². The maximum atomic E-state index is 12.8. The van der Waals surface area contributed by atoms with Gasteiger partial charge in [0.1, 0.15) is 17.2 Å². The van der Waals surface area contributed by atoms with E-state index in [4.69, 9.17) is 4.98 Å². The van der Waals surface area contributed by atoms with Gasteiger partial charge in [-0.3, -0.25) is 4.79 Å². The van der Waals surface area contributed by atoms with Crippen LogP contribution in [-0.4, -0.2) is 65.5 Å². The average molecular weight is 529 g/mol. The van der Waals surface area contributed by atoms with Gasteiger partial charge in [0.25, 0.3) is 5.91 Å². The Morgan fingerprint density at radius 3 is 2.49 bits per heavy atom. The van der Waals surface area contributed by atoms with Crippen LogP contribution in [0.2, 0.25) is 0 Å². The number of aryl methyl sites for hydroxylation is 2. The predicted molar refractivity (Wildman–Crippen MR) is 159 cm³/mol. The third-order valence-corrected chi connectivity index (χ3v) is 6.92. The summed E-state index contributed by atoms with van der Waals surface area (Å²) in [5.74, 6) is 1.12. The third kappa shape index (κ3) is 7.77. The van der Waals surface area contributed by atoms with E-state index >= 15 is 0 Å². The zero-order valence-electron chi connectivity index (χ0n) is 23.3. The van der Waals surface area contributed by atoms with Crippen molar-refractivity contribution >= 4 is 34.9 Å². The molecule has 39 heavy (non-hydrogen) atoms. The van der Waals surface area contributed by atoms with Gasteiger partial charge in [-0.25, -0.2) is 9.97 Å². The topological polar surface area (TPSA) is 98.3 Å². The molecule has 0 unspecified atom stereocenters. The van der Waals surface area contributed by atoms with Crippen LogP contribution in [0.15, 0.2) is 55.3 Å². The van der Waals surface area contributed by atoms with Gasteiger partial charge in [0, 0.05) is 56.0 Å². The van der Waals surface area contributed by atoms with Crippen molar-refractivity contribution in [1.82, 2.24) is 25.2 Å². The summed E-state index contributed by atoms with van der Waals surface area (Å²) in [4.78, 5) is 31.4. The average Bonchev–Trinajstić information content (AvgIpc) is 2.94. The summed E-state index contributed by atoms with van der Waals surface area (Å²) in [6.45, 7) is 12.4. The molecule has 4 rings (SSSR count). The lowest BCUT2D eigenvalue weighted by Crippen LogP contribution is -2.44. The number of unbranched alkanes of at least 4 members (excludes halogenated alkanes) is 2. The largest absolute Gasteiger partial charge is 0.369 e. The fraction of sp³-hybridized carbons (Fsp3) is 0.400. The summed E-state index contributed by atoms with van der Waals surface area (Å²) in [6.07, 6.45) is 7.72. The summed E-state index contributed by atoms with van der Waals surface area (Å²) < 4.78 is 0. The number of hydrogen-bond acceptors (Lipinski definition) is 8. The summed E-state index contributed by atoms with van der Waals surface area (Å²) in [7, 11) is 2.16. The van der Waals surface area contributed by atoms with Crippen molar-refractivity contribution in [1.29, 1.82) is 0 Å². The van der Waals surface area contributed by atoms with Gasteiger partial charge in [-0.1, -0.05) is 31.9 Å². The SMILES string of the molecule is C=CCNC(=O)c1cnc(Nc2ccc(N3CCN(C)CC3)cc2)nc1Nc1ccc(CCCCC)c(C)n1. The van der Waals surface area contributed by atoms with Gasteiger partial charge in [0.15, 0.2) is 0 Å². The Morgan fingerprint density at radius 1 is 1.03 bits per heavy atom. The van der Waals surface area contributed by atoms with Gasteiger partial charge in [-0.2, -0.15) is 4.98 Å².